The van der Waals surface area contributed by atoms with Crippen LogP contribution in [0.5, 0.6) is 0 Å². The van der Waals surface area contributed by atoms with Gasteiger partial charge >= 0.3 is 5.97 Å². The molecule has 138 valence electrons. The van der Waals surface area contributed by atoms with Crippen molar-refractivity contribution in [1.82, 2.24) is 0 Å². The van der Waals surface area contributed by atoms with Crippen LogP contribution in [0.1, 0.15) is 30.4 Å². The van der Waals surface area contributed by atoms with Gasteiger partial charge in [-0.05, 0) is 6.42 Å². The van der Waals surface area contributed by atoms with Crippen LogP contribution in [0.4, 0.5) is 0 Å². The highest BCUT2D eigenvalue weighted by molar-refractivity contribution is 5.79. The second kappa shape index (κ2) is 7.58. The maximum Gasteiger partial charge on any atom is 0.338 e. The van der Waals surface area contributed by atoms with Crippen molar-refractivity contribution >= 4 is 5.97 Å². The number of nitrogens with zero attached hydrogens (tertiary/aromatic N) is 1. The van der Waals surface area contributed by atoms with Gasteiger partial charge in [0.05, 0.1) is 13.2 Å². The van der Waals surface area contributed by atoms with Gasteiger partial charge in [0.15, 0.2) is 5.60 Å². The van der Waals surface area contributed by atoms with Crippen LogP contribution in [0, 0.1) is 5.21 Å². The number of rotatable bonds is 6. The number of esters is 1. The van der Waals surface area contributed by atoms with E-state index in [0.29, 0.717) is 19.5 Å². The van der Waals surface area contributed by atoms with Gasteiger partial charge < -0.3 is 19.7 Å². The van der Waals surface area contributed by atoms with Crippen LogP contribution in [0.2, 0.25) is 0 Å². The van der Waals surface area contributed by atoms with Gasteiger partial charge in [-0.1, -0.05) is 60.7 Å². The van der Waals surface area contributed by atoms with Crippen LogP contribution in [-0.4, -0.2) is 34.5 Å². The molecule has 0 aromatic heterocycles. The fourth-order valence-electron chi connectivity index (χ4n) is 3.88. The topological polar surface area (TPSA) is 69.6 Å². The first-order chi connectivity index (χ1) is 12.5. The molecule has 1 saturated carbocycles. The average molecular weight is 355 g/mol. The second-order valence-electron chi connectivity index (χ2n) is 7.16. The lowest BCUT2D eigenvalue weighted by molar-refractivity contribution is -0.930. The summed E-state index contributed by atoms with van der Waals surface area (Å²) < 4.78 is 4.24. The molecule has 1 aliphatic rings. The highest BCUT2D eigenvalue weighted by Gasteiger charge is 2.50. The number of benzene rings is 2. The van der Waals surface area contributed by atoms with E-state index in [9.17, 15) is 15.1 Å². The van der Waals surface area contributed by atoms with E-state index in [4.69, 9.17) is 4.74 Å². The lowest BCUT2D eigenvalue weighted by Gasteiger charge is -2.48. The third-order valence-corrected chi connectivity index (χ3v) is 5.28. The lowest BCUT2D eigenvalue weighted by Crippen LogP contribution is -2.50. The average Bonchev–Trinajstić information content (AvgIpc) is 3.07. The van der Waals surface area contributed by atoms with Crippen molar-refractivity contribution in [3.05, 3.63) is 77.0 Å². The van der Waals surface area contributed by atoms with Gasteiger partial charge in [0, 0.05) is 24.0 Å². The normalized spacial score (nSPS) is 23.0. The molecule has 3 rings (SSSR count). The van der Waals surface area contributed by atoms with Crippen molar-refractivity contribution in [3.63, 3.8) is 0 Å². The molecule has 2 aromatic rings. The highest BCUT2D eigenvalue weighted by atomic mass is 16.6. The van der Waals surface area contributed by atoms with E-state index in [1.54, 1.807) is 0 Å². The highest BCUT2D eigenvalue weighted by Crippen LogP contribution is 2.39. The third kappa shape index (κ3) is 3.96. The summed E-state index contributed by atoms with van der Waals surface area (Å²) in [5, 5.41) is 24.5. The smallest absolute Gasteiger partial charge is 0.338 e. The molecule has 0 radical (unpaired) electrons. The predicted molar refractivity (Wildman–Crippen MR) is 98.5 cm³/mol. The Bertz CT molecular complexity index is 693. The predicted octanol–water partition coefficient (Wildman–Crippen LogP) is 3.16. The maximum atomic E-state index is 13.9. The largest absolute Gasteiger partial charge is 0.632 e. The number of hydroxylamine groups is 3. The molecule has 0 aliphatic heterocycles. The Morgan fingerprint density at radius 1 is 1.12 bits per heavy atom. The van der Waals surface area contributed by atoms with E-state index in [0.717, 1.165) is 11.1 Å². The third-order valence-electron chi connectivity index (χ3n) is 5.28. The number of hydrogen-bond acceptors (Lipinski definition) is 4. The quantitative estimate of drug-likeness (QED) is 0.491. The molecule has 0 bridgehead atoms. The lowest BCUT2D eigenvalue weighted by atomic mass is 10.0. The molecular weight excluding hydrogens is 330 g/mol. The summed E-state index contributed by atoms with van der Waals surface area (Å²) in [7, 11) is 1.26. The SMILES string of the molecule is COC(=O)C1(O)CC[C@H]([N+]([O-])(Cc2ccccc2)Cc2ccccc2)C1. The molecule has 26 heavy (non-hydrogen) atoms. The van der Waals surface area contributed by atoms with Gasteiger partial charge in [0.1, 0.15) is 13.1 Å². The second-order valence-corrected chi connectivity index (χ2v) is 7.16. The van der Waals surface area contributed by atoms with E-state index < -0.39 is 16.2 Å². The first-order valence-electron chi connectivity index (χ1n) is 8.92. The van der Waals surface area contributed by atoms with E-state index >= 15 is 0 Å². The minimum Gasteiger partial charge on any atom is -0.632 e. The Morgan fingerprint density at radius 3 is 2.08 bits per heavy atom. The van der Waals surface area contributed by atoms with Crippen molar-refractivity contribution in [3.8, 4) is 0 Å². The summed E-state index contributed by atoms with van der Waals surface area (Å²) in [5.74, 6) is -0.647. The van der Waals surface area contributed by atoms with E-state index in [2.05, 4.69) is 0 Å². The Hall–Kier alpha value is -2.21. The summed E-state index contributed by atoms with van der Waals surface area (Å²) in [4.78, 5) is 11.9. The Labute approximate surface area is 154 Å². The summed E-state index contributed by atoms with van der Waals surface area (Å²) in [5.41, 5.74) is 0.347. The zero-order chi connectivity index (χ0) is 18.6. The van der Waals surface area contributed by atoms with E-state index in [1.165, 1.54) is 7.11 Å². The monoisotopic (exact) mass is 355 g/mol. The molecular formula is C21H25NO4. The molecule has 1 unspecified atom stereocenters. The van der Waals surface area contributed by atoms with Crippen LogP contribution in [0.15, 0.2) is 60.7 Å². The number of aliphatic hydroxyl groups is 1. The number of carbonyl (C=O) groups is 1. The van der Waals surface area contributed by atoms with Crippen molar-refractivity contribution in [2.24, 2.45) is 0 Å². The first kappa shape index (κ1) is 18.6. The maximum absolute atomic E-state index is 13.9. The number of hydrogen-bond donors (Lipinski definition) is 1. The van der Waals surface area contributed by atoms with Crippen LogP contribution < -0.4 is 0 Å². The molecule has 5 nitrogen and oxygen atoms in total. The zero-order valence-corrected chi connectivity index (χ0v) is 15.0. The summed E-state index contributed by atoms with van der Waals surface area (Å²) in [6.07, 6.45) is 0.883. The molecule has 2 atom stereocenters. The van der Waals surface area contributed by atoms with Crippen LogP contribution in [0.3, 0.4) is 0 Å². The molecule has 0 heterocycles. The van der Waals surface area contributed by atoms with Crippen LogP contribution >= 0.6 is 0 Å². The van der Waals surface area contributed by atoms with Gasteiger partial charge in [0.25, 0.3) is 0 Å². The van der Waals surface area contributed by atoms with Gasteiger partial charge in [-0.3, -0.25) is 0 Å². The van der Waals surface area contributed by atoms with Gasteiger partial charge in [0.2, 0.25) is 0 Å². The number of methoxy groups -OCH3 is 1. The summed E-state index contributed by atoms with van der Waals surface area (Å²) in [6.45, 7) is 0.606. The summed E-state index contributed by atoms with van der Waals surface area (Å²) in [6, 6.07) is 18.9. The van der Waals surface area contributed by atoms with Crippen molar-refractivity contribution < 1.29 is 19.3 Å². The van der Waals surface area contributed by atoms with E-state index in [-0.39, 0.29) is 18.9 Å². The number of ether oxygens (including phenoxy) is 1. The van der Waals surface area contributed by atoms with Gasteiger partial charge in [-0.2, -0.15) is 0 Å². The van der Waals surface area contributed by atoms with Gasteiger partial charge in [-0.25, -0.2) is 4.79 Å². The fraction of sp³-hybridized carbons (Fsp3) is 0.381. The minimum atomic E-state index is -1.55. The van der Waals surface area contributed by atoms with Crippen molar-refractivity contribution in [2.45, 2.75) is 44.0 Å². The molecule has 0 amide bonds. The fourth-order valence-corrected chi connectivity index (χ4v) is 3.88. The Kier molecular flexibility index (Phi) is 5.41. The first-order valence-corrected chi connectivity index (χ1v) is 8.92. The molecule has 1 fully saturated rings. The summed E-state index contributed by atoms with van der Waals surface area (Å²) >= 11 is 0. The minimum absolute atomic E-state index is 0.128. The van der Waals surface area contributed by atoms with Crippen molar-refractivity contribution in [2.75, 3.05) is 7.11 Å². The molecule has 0 saturated heterocycles. The van der Waals surface area contributed by atoms with Crippen LogP contribution in [0.25, 0.3) is 0 Å². The Balaban J connectivity index is 1.87. The van der Waals surface area contributed by atoms with Crippen LogP contribution in [-0.2, 0) is 22.6 Å². The Morgan fingerprint density at radius 2 is 1.62 bits per heavy atom. The molecule has 1 N–H and O–H groups in total. The standard InChI is InChI=1S/C21H25NO4/c1-26-20(23)21(24)13-12-19(14-21)22(25,15-17-8-4-2-5-9-17)16-18-10-6-3-7-11-18/h2-11,19,24H,12-16H2,1H3/t19-,21?/m0/s1. The molecule has 2 aromatic carbocycles. The van der Waals surface area contributed by atoms with Gasteiger partial charge in [-0.15, -0.1) is 0 Å². The zero-order valence-electron chi connectivity index (χ0n) is 15.0. The van der Waals surface area contributed by atoms with Crippen molar-refractivity contribution in [1.29, 1.82) is 0 Å². The molecule has 0 spiro atoms. The molecule has 1 aliphatic carbocycles. The number of quaternary nitrogens is 1. The van der Waals surface area contributed by atoms with E-state index in [1.807, 2.05) is 60.7 Å². The number of carbonyl (C=O) groups excluding carboxylic acids is 1. The molecule has 5 heteroatoms.